The van der Waals surface area contributed by atoms with Gasteiger partial charge in [0, 0.05) is 6.54 Å². The molecule has 96 valence electrons. The van der Waals surface area contributed by atoms with E-state index < -0.39 is 0 Å². The van der Waals surface area contributed by atoms with Crippen LogP contribution in [0.5, 0.6) is 0 Å². The quantitative estimate of drug-likeness (QED) is 0.901. The van der Waals surface area contributed by atoms with Gasteiger partial charge in [0.1, 0.15) is 5.52 Å². The molecule has 1 saturated heterocycles. The summed E-state index contributed by atoms with van der Waals surface area (Å²) in [6.07, 6.45) is 3.44. The van der Waals surface area contributed by atoms with Crippen LogP contribution >= 0.6 is 0 Å². The predicted octanol–water partition coefficient (Wildman–Crippen LogP) is 3.17. The molecular weight excluding hydrogens is 224 g/mol. The molecule has 3 heteroatoms. The monoisotopic (exact) mass is 244 g/mol. The van der Waals surface area contributed by atoms with Crippen LogP contribution in [-0.2, 0) is 5.41 Å². The van der Waals surface area contributed by atoms with E-state index in [0.29, 0.717) is 0 Å². The summed E-state index contributed by atoms with van der Waals surface area (Å²) in [5.41, 5.74) is 3.24. The third-order valence-electron chi connectivity index (χ3n) is 3.97. The van der Waals surface area contributed by atoms with Gasteiger partial charge in [0.2, 0.25) is 5.89 Å². The standard InChI is InChI=1S/C15H20N2O/c1-3-6-15(7-8-16-10-15)14-17-12-5-4-11(2)9-13(12)18-14/h4-5,9,16H,3,6-8,10H2,1-2H3. The lowest BCUT2D eigenvalue weighted by molar-refractivity contribution is 0.330. The van der Waals surface area contributed by atoms with Crippen LogP contribution in [0.1, 0.15) is 37.6 Å². The summed E-state index contributed by atoms with van der Waals surface area (Å²) in [5.74, 6) is 0.926. The van der Waals surface area contributed by atoms with Crippen molar-refractivity contribution in [3.8, 4) is 0 Å². The average Bonchev–Trinajstić information content (AvgIpc) is 2.95. The normalized spacial score (nSPS) is 23.9. The van der Waals surface area contributed by atoms with E-state index in [9.17, 15) is 0 Å². The Morgan fingerprint density at radius 1 is 1.44 bits per heavy atom. The Hall–Kier alpha value is -1.35. The summed E-state index contributed by atoms with van der Waals surface area (Å²) in [6, 6.07) is 6.22. The lowest BCUT2D eigenvalue weighted by atomic mass is 9.82. The SMILES string of the molecule is CCCC1(c2nc3ccc(C)cc3o2)CCNC1. The van der Waals surface area contributed by atoms with Crippen LogP contribution in [0, 0.1) is 6.92 Å². The number of nitrogens with zero attached hydrogens (tertiary/aromatic N) is 1. The Morgan fingerprint density at radius 2 is 2.33 bits per heavy atom. The van der Waals surface area contributed by atoms with Crippen LogP contribution in [0.15, 0.2) is 22.6 Å². The van der Waals surface area contributed by atoms with Crippen molar-refractivity contribution in [1.82, 2.24) is 10.3 Å². The van der Waals surface area contributed by atoms with Crippen molar-refractivity contribution in [2.75, 3.05) is 13.1 Å². The highest BCUT2D eigenvalue weighted by Crippen LogP contribution is 2.36. The largest absolute Gasteiger partial charge is 0.440 e. The molecule has 1 fully saturated rings. The summed E-state index contributed by atoms with van der Waals surface area (Å²) in [7, 11) is 0. The zero-order valence-electron chi connectivity index (χ0n) is 11.1. The number of rotatable bonds is 3. The molecule has 0 bridgehead atoms. The van der Waals surface area contributed by atoms with Crippen LogP contribution in [0.3, 0.4) is 0 Å². The molecule has 3 nitrogen and oxygen atoms in total. The third-order valence-corrected chi connectivity index (χ3v) is 3.97. The van der Waals surface area contributed by atoms with E-state index in [-0.39, 0.29) is 5.41 Å². The van der Waals surface area contributed by atoms with Crippen LogP contribution in [-0.4, -0.2) is 18.1 Å². The van der Waals surface area contributed by atoms with Gasteiger partial charge < -0.3 is 9.73 Å². The van der Waals surface area contributed by atoms with E-state index in [1.807, 2.05) is 0 Å². The van der Waals surface area contributed by atoms with Crippen molar-refractivity contribution >= 4 is 11.1 Å². The molecule has 0 saturated carbocycles. The zero-order chi connectivity index (χ0) is 12.6. The van der Waals surface area contributed by atoms with Crippen LogP contribution < -0.4 is 5.32 Å². The average molecular weight is 244 g/mol. The summed E-state index contributed by atoms with van der Waals surface area (Å²) in [4.78, 5) is 4.72. The summed E-state index contributed by atoms with van der Waals surface area (Å²) in [6.45, 7) is 6.37. The maximum atomic E-state index is 6.04. The Labute approximate surface area is 108 Å². The predicted molar refractivity (Wildman–Crippen MR) is 72.8 cm³/mol. The van der Waals surface area contributed by atoms with E-state index in [0.717, 1.165) is 42.9 Å². The Balaban J connectivity index is 2.06. The summed E-state index contributed by atoms with van der Waals surface area (Å²) < 4.78 is 6.04. The molecule has 1 aliphatic rings. The van der Waals surface area contributed by atoms with E-state index >= 15 is 0 Å². The minimum atomic E-state index is 0.113. The van der Waals surface area contributed by atoms with E-state index in [2.05, 4.69) is 37.4 Å². The molecule has 18 heavy (non-hydrogen) atoms. The second-order valence-electron chi connectivity index (χ2n) is 5.45. The molecule has 0 radical (unpaired) electrons. The molecule has 1 aliphatic heterocycles. The zero-order valence-corrected chi connectivity index (χ0v) is 11.1. The van der Waals surface area contributed by atoms with E-state index in [1.165, 1.54) is 12.0 Å². The van der Waals surface area contributed by atoms with Gasteiger partial charge in [-0.05, 0) is 44.0 Å². The van der Waals surface area contributed by atoms with Crippen LogP contribution in [0.2, 0.25) is 0 Å². The molecule has 2 heterocycles. The van der Waals surface area contributed by atoms with Gasteiger partial charge in [-0.1, -0.05) is 19.4 Å². The minimum absolute atomic E-state index is 0.113. The van der Waals surface area contributed by atoms with Crippen molar-refractivity contribution in [3.63, 3.8) is 0 Å². The first-order valence-corrected chi connectivity index (χ1v) is 6.82. The second-order valence-corrected chi connectivity index (χ2v) is 5.45. The second kappa shape index (κ2) is 4.39. The Bertz CT molecular complexity index is 553. The fraction of sp³-hybridized carbons (Fsp3) is 0.533. The van der Waals surface area contributed by atoms with Gasteiger partial charge in [0.25, 0.3) is 0 Å². The Morgan fingerprint density at radius 3 is 3.06 bits per heavy atom. The molecule has 1 atom stereocenters. The topological polar surface area (TPSA) is 38.1 Å². The number of benzene rings is 1. The van der Waals surface area contributed by atoms with Crippen molar-refractivity contribution in [2.24, 2.45) is 0 Å². The highest BCUT2D eigenvalue weighted by molar-refractivity contribution is 5.73. The molecule has 1 N–H and O–H groups in total. The van der Waals surface area contributed by atoms with Crippen molar-refractivity contribution < 1.29 is 4.42 Å². The van der Waals surface area contributed by atoms with Gasteiger partial charge in [0.05, 0.1) is 5.41 Å². The first-order valence-electron chi connectivity index (χ1n) is 6.82. The molecule has 0 aliphatic carbocycles. The van der Waals surface area contributed by atoms with Crippen molar-refractivity contribution in [2.45, 2.75) is 38.5 Å². The number of aromatic nitrogens is 1. The van der Waals surface area contributed by atoms with Gasteiger partial charge in [-0.3, -0.25) is 0 Å². The number of aryl methyl sites for hydroxylation is 1. The molecule has 2 aromatic rings. The van der Waals surface area contributed by atoms with Gasteiger partial charge in [-0.15, -0.1) is 0 Å². The molecule has 1 aromatic carbocycles. The molecule has 3 rings (SSSR count). The lowest BCUT2D eigenvalue weighted by Gasteiger charge is -2.23. The van der Waals surface area contributed by atoms with Gasteiger partial charge >= 0.3 is 0 Å². The van der Waals surface area contributed by atoms with E-state index in [4.69, 9.17) is 9.40 Å². The summed E-state index contributed by atoms with van der Waals surface area (Å²) >= 11 is 0. The lowest BCUT2D eigenvalue weighted by Crippen LogP contribution is -2.29. The first kappa shape index (κ1) is 11.7. The highest BCUT2D eigenvalue weighted by atomic mass is 16.3. The number of nitrogens with one attached hydrogen (secondary N) is 1. The Kier molecular flexibility index (Phi) is 2.86. The maximum absolute atomic E-state index is 6.04. The van der Waals surface area contributed by atoms with Crippen LogP contribution in [0.25, 0.3) is 11.1 Å². The molecule has 0 amide bonds. The number of hydrogen-bond acceptors (Lipinski definition) is 3. The maximum Gasteiger partial charge on any atom is 0.203 e. The number of oxazole rings is 1. The summed E-state index contributed by atoms with van der Waals surface area (Å²) in [5, 5.41) is 3.45. The minimum Gasteiger partial charge on any atom is -0.440 e. The molecule has 0 spiro atoms. The fourth-order valence-electron chi connectivity index (χ4n) is 2.98. The van der Waals surface area contributed by atoms with Gasteiger partial charge in [-0.25, -0.2) is 4.98 Å². The smallest absolute Gasteiger partial charge is 0.203 e. The molecule has 1 aromatic heterocycles. The molecule has 1 unspecified atom stereocenters. The van der Waals surface area contributed by atoms with E-state index in [1.54, 1.807) is 0 Å². The van der Waals surface area contributed by atoms with Gasteiger partial charge in [0.15, 0.2) is 5.58 Å². The third kappa shape index (κ3) is 1.83. The highest BCUT2D eigenvalue weighted by Gasteiger charge is 2.39. The van der Waals surface area contributed by atoms with Gasteiger partial charge in [-0.2, -0.15) is 0 Å². The fourth-order valence-corrected chi connectivity index (χ4v) is 2.98. The van der Waals surface area contributed by atoms with Crippen LogP contribution in [0.4, 0.5) is 0 Å². The van der Waals surface area contributed by atoms with Crippen molar-refractivity contribution in [3.05, 3.63) is 29.7 Å². The number of fused-ring (bicyclic) bond motifs is 1. The van der Waals surface area contributed by atoms with Crippen molar-refractivity contribution in [1.29, 1.82) is 0 Å². The first-order chi connectivity index (χ1) is 8.73. The number of hydrogen-bond donors (Lipinski definition) is 1. The molecular formula is C15H20N2O.